The Labute approximate surface area is 143 Å². The largest absolute Gasteiger partial charge is 0.313 e. The molecule has 0 N–H and O–H groups in total. The van der Waals surface area contributed by atoms with E-state index in [1.54, 1.807) is 12.1 Å². The quantitative estimate of drug-likeness (QED) is 0.661. The number of nitrogens with zero attached hydrogens (tertiary/aromatic N) is 2. The van der Waals surface area contributed by atoms with Gasteiger partial charge in [-0.2, -0.15) is 4.99 Å². The van der Waals surface area contributed by atoms with Crippen molar-refractivity contribution in [2.24, 2.45) is 4.99 Å². The zero-order valence-electron chi connectivity index (χ0n) is 13.3. The second kappa shape index (κ2) is 6.93. The van der Waals surface area contributed by atoms with Gasteiger partial charge in [0.15, 0.2) is 4.80 Å². The van der Waals surface area contributed by atoms with E-state index in [2.05, 4.69) is 11.6 Å². The molecule has 3 aromatic rings. The number of halogens is 1. The second-order valence-corrected chi connectivity index (χ2v) is 6.58. The highest BCUT2D eigenvalue weighted by molar-refractivity contribution is 7.16. The fourth-order valence-corrected chi connectivity index (χ4v) is 3.66. The Hall–Kier alpha value is -2.53. The summed E-state index contributed by atoms with van der Waals surface area (Å²) in [5.74, 6) is -0.516. The number of aromatic nitrogens is 1. The van der Waals surface area contributed by atoms with Crippen LogP contribution < -0.4 is 4.80 Å². The van der Waals surface area contributed by atoms with Crippen molar-refractivity contribution in [2.45, 2.75) is 19.9 Å². The number of allylic oxidation sites excluding steroid dienone is 1. The van der Waals surface area contributed by atoms with Crippen molar-refractivity contribution in [3.8, 4) is 0 Å². The minimum atomic E-state index is -0.299. The fraction of sp³-hybridized carbons (Fsp3) is 0.158. The van der Waals surface area contributed by atoms with Crippen LogP contribution in [-0.4, -0.2) is 10.5 Å². The zero-order valence-corrected chi connectivity index (χ0v) is 14.1. The van der Waals surface area contributed by atoms with Gasteiger partial charge in [0.1, 0.15) is 5.82 Å². The van der Waals surface area contributed by atoms with Gasteiger partial charge in [-0.1, -0.05) is 47.2 Å². The van der Waals surface area contributed by atoms with Crippen LogP contribution in [0.25, 0.3) is 10.2 Å². The van der Waals surface area contributed by atoms with Crippen molar-refractivity contribution < 1.29 is 9.18 Å². The van der Waals surface area contributed by atoms with Crippen LogP contribution >= 0.6 is 11.3 Å². The summed E-state index contributed by atoms with van der Waals surface area (Å²) in [5, 5.41) is 0. The van der Waals surface area contributed by atoms with E-state index in [4.69, 9.17) is 0 Å². The van der Waals surface area contributed by atoms with E-state index in [-0.39, 0.29) is 18.1 Å². The molecule has 3 rings (SSSR count). The topological polar surface area (TPSA) is 34.4 Å². The van der Waals surface area contributed by atoms with Gasteiger partial charge in [-0.3, -0.25) is 4.79 Å². The van der Waals surface area contributed by atoms with Crippen molar-refractivity contribution in [2.75, 3.05) is 0 Å². The molecule has 0 saturated heterocycles. The summed E-state index contributed by atoms with van der Waals surface area (Å²) in [6, 6.07) is 12.4. The number of hydrogen-bond donors (Lipinski definition) is 0. The summed E-state index contributed by atoms with van der Waals surface area (Å²) in [5.41, 5.74) is 2.90. The van der Waals surface area contributed by atoms with Crippen LogP contribution in [0.3, 0.4) is 0 Å². The van der Waals surface area contributed by atoms with Crippen LogP contribution in [0.15, 0.2) is 60.1 Å². The predicted molar refractivity (Wildman–Crippen MR) is 95.4 cm³/mol. The third-order valence-corrected chi connectivity index (χ3v) is 4.66. The normalized spacial score (nSPS) is 11.8. The number of rotatable bonds is 4. The highest BCUT2D eigenvalue weighted by atomic mass is 32.1. The zero-order chi connectivity index (χ0) is 17.1. The molecule has 24 heavy (non-hydrogen) atoms. The molecular weight excluding hydrogens is 323 g/mol. The summed E-state index contributed by atoms with van der Waals surface area (Å²) in [7, 11) is 0. The average molecular weight is 340 g/mol. The van der Waals surface area contributed by atoms with E-state index in [1.165, 1.54) is 23.5 Å². The minimum Gasteiger partial charge on any atom is -0.313 e. The molecule has 3 nitrogen and oxygen atoms in total. The number of carbonyl (C=O) groups excluding carboxylic acids is 1. The van der Waals surface area contributed by atoms with E-state index in [0.717, 1.165) is 21.3 Å². The van der Waals surface area contributed by atoms with Crippen molar-refractivity contribution in [1.82, 2.24) is 4.57 Å². The summed E-state index contributed by atoms with van der Waals surface area (Å²) in [6.07, 6.45) is 1.98. The highest BCUT2D eigenvalue weighted by Crippen LogP contribution is 2.18. The first-order chi connectivity index (χ1) is 11.6. The summed E-state index contributed by atoms with van der Waals surface area (Å²) < 4.78 is 16.1. The van der Waals surface area contributed by atoms with Crippen molar-refractivity contribution >= 4 is 27.5 Å². The lowest BCUT2D eigenvalue weighted by Gasteiger charge is -2.01. The maximum absolute atomic E-state index is 13.4. The maximum Gasteiger partial charge on any atom is 0.252 e. The summed E-state index contributed by atoms with van der Waals surface area (Å²) >= 11 is 1.31. The van der Waals surface area contributed by atoms with E-state index in [0.29, 0.717) is 11.3 Å². The highest BCUT2D eigenvalue weighted by Gasteiger charge is 2.08. The summed E-state index contributed by atoms with van der Waals surface area (Å²) in [6.45, 7) is 6.25. The molecule has 0 fully saturated rings. The van der Waals surface area contributed by atoms with E-state index in [1.807, 2.05) is 35.8 Å². The molecule has 2 aromatic carbocycles. The number of hydrogen-bond acceptors (Lipinski definition) is 2. The molecule has 5 heteroatoms. The maximum atomic E-state index is 13.4. The van der Waals surface area contributed by atoms with Crippen molar-refractivity contribution in [3.05, 3.63) is 76.9 Å². The molecule has 0 saturated carbocycles. The number of thiazole rings is 1. The molecule has 0 unspecified atom stereocenters. The van der Waals surface area contributed by atoms with E-state index in [9.17, 15) is 9.18 Å². The molecule has 0 spiro atoms. The monoisotopic (exact) mass is 340 g/mol. The van der Waals surface area contributed by atoms with Gasteiger partial charge in [0.05, 0.1) is 16.6 Å². The van der Waals surface area contributed by atoms with Gasteiger partial charge in [-0.15, -0.1) is 6.58 Å². The molecule has 1 aromatic heterocycles. The average Bonchev–Trinajstić information content (AvgIpc) is 2.84. The minimum absolute atomic E-state index is 0.217. The van der Waals surface area contributed by atoms with Gasteiger partial charge < -0.3 is 4.57 Å². The molecule has 0 atom stereocenters. The Kier molecular flexibility index (Phi) is 4.71. The first-order valence-corrected chi connectivity index (χ1v) is 8.41. The Morgan fingerprint density at radius 2 is 2.17 bits per heavy atom. The van der Waals surface area contributed by atoms with Crippen LogP contribution in [0.5, 0.6) is 0 Å². The van der Waals surface area contributed by atoms with Gasteiger partial charge >= 0.3 is 0 Å². The summed E-state index contributed by atoms with van der Waals surface area (Å²) in [4.78, 5) is 17.1. The third-order valence-electron chi connectivity index (χ3n) is 3.61. The number of amides is 1. The molecule has 0 radical (unpaired) electrons. The first kappa shape index (κ1) is 16.3. The Morgan fingerprint density at radius 1 is 1.33 bits per heavy atom. The van der Waals surface area contributed by atoms with Crippen molar-refractivity contribution in [1.29, 1.82) is 0 Å². The number of aryl methyl sites for hydroxylation is 1. The SMILES string of the molecule is C=CCn1c(=NC(=O)Cc2cccc(C)c2)sc2cc(F)ccc21. The van der Waals surface area contributed by atoms with Crippen LogP contribution in [0, 0.1) is 12.7 Å². The fourth-order valence-electron chi connectivity index (χ4n) is 2.58. The third kappa shape index (κ3) is 3.51. The van der Waals surface area contributed by atoms with E-state index >= 15 is 0 Å². The van der Waals surface area contributed by atoms with Gasteiger partial charge in [0.25, 0.3) is 5.91 Å². The lowest BCUT2D eigenvalue weighted by molar-refractivity contribution is -0.117. The standard InChI is InChI=1S/C19H17FN2OS/c1-3-9-22-16-8-7-15(20)12-17(16)24-19(22)21-18(23)11-14-6-4-5-13(2)10-14/h3-8,10,12H,1,9,11H2,2H3. The second-order valence-electron chi connectivity index (χ2n) is 5.57. The van der Waals surface area contributed by atoms with Gasteiger partial charge in [0, 0.05) is 6.54 Å². The molecule has 1 heterocycles. The first-order valence-electron chi connectivity index (χ1n) is 7.60. The molecule has 0 bridgehead atoms. The smallest absolute Gasteiger partial charge is 0.252 e. The Balaban J connectivity index is 2.00. The lowest BCUT2D eigenvalue weighted by Crippen LogP contribution is -2.16. The Morgan fingerprint density at radius 3 is 2.92 bits per heavy atom. The molecule has 0 aliphatic heterocycles. The number of benzene rings is 2. The lowest BCUT2D eigenvalue weighted by atomic mass is 10.1. The van der Waals surface area contributed by atoms with Crippen LogP contribution in [0.2, 0.25) is 0 Å². The Bertz CT molecular complexity index is 984. The number of carbonyl (C=O) groups is 1. The van der Waals surface area contributed by atoms with Gasteiger partial charge in [0.2, 0.25) is 0 Å². The molecular formula is C19H17FN2OS. The van der Waals surface area contributed by atoms with E-state index < -0.39 is 0 Å². The van der Waals surface area contributed by atoms with Crippen molar-refractivity contribution in [3.63, 3.8) is 0 Å². The van der Waals surface area contributed by atoms with Crippen LogP contribution in [-0.2, 0) is 17.8 Å². The number of fused-ring (bicyclic) bond motifs is 1. The van der Waals surface area contributed by atoms with Gasteiger partial charge in [-0.05, 0) is 30.7 Å². The molecule has 122 valence electrons. The molecule has 1 amide bonds. The molecule has 0 aliphatic rings. The predicted octanol–water partition coefficient (Wildman–Crippen LogP) is 4.01. The van der Waals surface area contributed by atoms with Crippen LogP contribution in [0.1, 0.15) is 11.1 Å². The van der Waals surface area contributed by atoms with Crippen LogP contribution in [0.4, 0.5) is 4.39 Å². The van der Waals surface area contributed by atoms with Gasteiger partial charge in [-0.25, -0.2) is 4.39 Å². The molecule has 0 aliphatic carbocycles.